The number of aliphatic hydroxyl groups excluding tert-OH is 1. The van der Waals surface area contributed by atoms with E-state index < -0.39 is 16.3 Å². The monoisotopic (exact) mass is 552 g/mol. The number of piperidine rings is 1. The van der Waals surface area contributed by atoms with Crippen molar-refractivity contribution in [3.05, 3.63) is 95.8 Å². The molecule has 1 aliphatic rings. The number of nitrogens with zero attached hydrogens (tertiary/aromatic N) is 2. The Morgan fingerprint density at radius 1 is 0.972 bits per heavy atom. The third-order valence-corrected chi connectivity index (χ3v) is 7.80. The number of halogens is 2. The summed E-state index contributed by atoms with van der Waals surface area (Å²) in [4.78, 5) is 4.02. The Bertz CT molecular complexity index is 1130. The molecule has 36 heavy (non-hydrogen) atoms. The molecule has 196 valence electrons. The van der Waals surface area contributed by atoms with Gasteiger partial charge in [-0.25, -0.2) is 0 Å². The summed E-state index contributed by atoms with van der Waals surface area (Å²) in [5, 5.41) is 13.4. The summed E-state index contributed by atoms with van der Waals surface area (Å²) in [6, 6.07) is 21.4. The normalized spacial score (nSPS) is 15.4. The van der Waals surface area contributed by atoms with Crippen molar-refractivity contribution in [1.82, 2.24) is 14.6 Å². The molecule has 0 bridgehead atoms. The first-order chi connectivity index (χ1) is 16.5. The Balaban J connectivity index is 0.00000228. The molecule has 2 heterocycles. The average molecular weight is 554 g/mol. The maximum atomic E-state index is 12.9. The number of anilines is 1. The van der Waals surface area contributed by atoms with Crippen molar-refractivity contribution >= 4 is 40.7 Å². The highest BCUT2D eigenvalue weighted by Gasteiger charge is 2.28. The van der Waals surface area contributed by atoms with Crippen molar-refractivity contribution in [2.24, 2.45) is 0 Å². The van der Waals surface area contributed by atoms with Crippen LogP contribution in [0.3, 0.4) is 0 Å². The van der Waals surface area contributed by atoms with Crippen molar-refractivity contribution in [1.29, 1.82) is 0 Å². The summed E-state index contributed by atoms with van der Waals surface area (Å²) >= 11 is 0. The van der Waals surface area contributed by atoms with Crippen LogP contribution in [-0.4, -0.2) is 49.0 Å². The highest BCUT2D eigenvalue weighted by molar-refractivity contribution is 7.90. The van der Waals surface area contributed by atoms with Gasteiger partial charge in [0.05, 0.1) is 6.10 Å². The predicted octanol–water partition coefficient (Wildman–Crippen LogP) is 4.33. The molecule has 0 spiro atoms. The van der Waals surface area contributed by atoms with E-state index in [1.807, 2.05) is 36.4 Å². The van der Waals surface area contributed by atoms with Crippen LogP contribution in [0.1, 0.15) is 41.6 Å². The maximum Gasteiger partial charge on any atom is 0.301 e. The number of rotatable bonds is 10. The maximum absolute atomic E-state index is 12.9. The fraction of sp³-hybridized carbons (Fsp3) is 0.346. The summed E-state index contributed by atoms with van der Waals surface area (Å²) in [5.41, 5.74) is 3.73. The molecule has 1 saturated heterocycles. The zero-order chi connectivity index (χ0) is 23.8. The Kier molecular flexibility index (Phi) is 12.1. The molecule has 7 nitrogen and oxygen atoms in total. The van der Waals surface area contributed by atoms with Crippen LogP contribution >= 0.6 is 24.8 Å². The molecule has 0 amide bonds. The van der Waals surface area contributed by atoms with Crippen molar-refractivity contribution in [3.63, 3.8) is 0 Å². The Hall–Kier alpha value is -2.20. The number of benzene rings is 2. The van der Waals surface area contributed by atoms with Crippen molar-refractivity contribution in [2.75, 3.05) is 30.9 Å². The first-order valence-electron chi connectivity index (χ1n) is 11.7. The van der Waals surface area contributed by atoms with Crippen LogP contribution in [0.15, 0.2) is 79.1 Å². The van der Waals surface area contributed by atoms with Gasteiger partial charge in [-0.05, 0) is 61.1 Å². The first kappa shape index (κ1) is 30.0. The van der Waals surface area contributed by atoms with E-state index in [1.54, 1.807) is 30.6 Å². The Labute approximate surface area is 226 Å². The van der Waals surface area contributed by atoms with Gasteiger partial charge in [-0.1, -0.05) is 48.5 Å². The van der Waals surface area contributed by atoms with E-state index in [1.165, 1.54) is 9.87 Å². The fourth-order valence-electron chi connectivity index (χ4n) is 4.27. The fourth-order valence-corrected chi connectivity index (χ4v) is 5.52. The largest absolute Gasteiger partial charge is 0.387 e. The molecular formula is C26H34Cl2N4O3S. The number of hydrogen-bond donors (Lipinski definition) is 3. The molecule has 0 aliphatic carbocycles. The summed E-state index contributed by atoms with van der Waals surface area (Å²) in [7, 11) is -3.57. The van der Waals surface area contributed by atoms with Crippen LogP contribution in [0.25, 0.3) is 0 Å². The van der Waals surface area contributed by atoms with Gasteiger partial charge < -0.3 is 10.4 Å². The quantitative estimate of drug-likeness (QED) is 0.325. The van der Waals surface area contributed by atoms with Crippen molar-refractivity contribution in [2.45, 2.75) is 31.3 Å². The van der Waals surface area contributed by atoms with Gasteiger partial charge >= 0.3 is 10.2 Å². The minimum Gasteiger partial charge on any atom is -0.387 e. The lowest BCUT2D eigenvalue weighted by Gasteiger charge is -2.31. The third-order valence-electron chi connectivity index (χ3n) is 6.26. The second kappa shape index (κ2) is 14.5. The standard InChI is InChI=1S/C26H32N4O3S.2ClH/c31-26(24-7-4-15-27-19-24)20-28-16-12-21-8-10-25(11-9-21)29-34(32,33)30-17-13-23(14-18-30)22-5-2-1-3-6-22;;/h1-11,15,19,23,26,28-29,31H,12-14,16-18,20H2;2*1H/t26-;;/m0../s1. The molecular weight excluding hydrogens is 519 g/mol. The SMILES string of the molecule is Cl.Cl.O=S(=O)(Nc1ccc(CCNC[C@H](O)c2cccnc2)cc1)N1CCC(c2ccccc2)CC1. The minimum absolute atomic E-state index is 0. The van der Waals surface area contributed by atoms with Crippen LogP contribution < -0.4 is 10.0 Å². The minimum atomic E-state index is -3.57. The van der Waals surface area contributed by atoms with Gasteiger partial charge in [0.2, 0.25) is 0 Å². The summed E-state index contributed by atoms with van der Waals surface area (Å²) in [6.07, 6.45) is 5.18. The Morgan fingerprint density at radius 2 is 1.67 bits per heavy atom. The topological polar surface area (TPSA) is 94.6 Å². The van der Waals surface area contributed by atoms with Crippen LogP contribution in [-0.2, 0) is 16.6 Å². The van der Waals surface area contributed by atoms with E-state index in [9.17, 15) is 13.5 Å². The number of aromatic nitrogens is 1. The molecule has 1 fully saturated rings. The summed E-state index contributed by atoms with van der Waals surface area (Å²) < 4.78 is 30.0. The lowest BCUT2D eigenvalue weighted by atomic mass is 9.90. The van der Waals surface area contributed by atoms with Crippen LogP contribution in [0.5, 0.6) is 0 Å². The van der Waals surface area contributed by atoms with Crippen molar-refractivity contribution < 1.29 is 13.5 Å². The number of pyridine rings is 1. The molecule has 10 heteroatoms. The molecule has 2 aromatic carbocycles. The lowest BCUT2D eigenvalue weighted by Crippen LogP contribution is -2.41. The smallest absolute Gasteiger partial charge is 0.301 e. The van der Waals surface area contributed by atoms with Gasteiger partial charge in [0, 0.05) is 43.3 Å². The molecule has 3 aromatic rings. The molecule has 0 unspecified atom stereocenters. The zero-order valence-electron chi connectivity index (χ0n) is 20.0. The summed E-state index contributed by atoms with van der Waals surface area (Å²) in [5.74, 6) is 0.408. The third kappa shape index (κ3) is 8.44. The zero-order valence-corrected chi connectivity index (χ0v) is 22.4. The molecule has 3 N–H and O–H groups in total. The van der Waals surface area contributed by atoms with E-state index in [0.29, 0.717) is 37.8 Å². The highest BCUT2D eigenvalue weighted by atomic mass is 35.5. The van der Waals surface area contributed by atoms with E-state index in [4.69, 9.17) is 0 Å². The molecule has 1 atom stereocenters. The molecule has 0 saturated carbocycles. The molecule has 4 rings (SSSR count). The highest BCUT2D eigenvalue weighted by Crippen LogP contribution is 2.29. The van der Waals surface area contributed by atoms with Crippen LogP contribution in [0.2, 0.25) is 0 Å². The van der Waals surface area contributed by atoms with Gasteiger partial charge in [-0.2, -0.15) is 12.7 Å². The first-order valence-corrected chi connectivity index (χ1v) is 13.2. The second-order valence-corrected chi connectivity index (χ2v) is 10.3. The van der Waals surface area contributed by atoms with E-state index in [-0.39, 0.29) is 24.8 Å². The summed E-state index contributed by atoms with van der Waals surface area (Å²) in [6.45, 7) is 2.19. The second-order valence-electron chi connectivity index (χ2n) is 8.64. The number of hydrogen-bond acceptors (Lipinski definition) is 5. The lowest BCUT2D eigenvalue weighted by molar-refractivity contribution is 0.174. The number of aliphatic hydroxyl groups is 1. The van der Waals surface area contributed by atoms with Gasteiger partial charge in [0.25, 0.3) is 0 Å². The predicted molar refractivity (Wildman–Crippen MR) is 149 cm³/mol. The van der Waals surface area contributed by atoms with Crippen molar-refractivity contribution in [3.8, 4) is 0 Å². The molecule has 1 aliphatic heterocycles. The van der Waals surface area contributed by atoms with E-state index in [0.717, 1.165) is 30.4 Å². The van der Waals surface area contributed by atoms with Crippen LogP contribution in [0, 0.1) is 0 Å². The number of nitrogens with one attached hydrogen (secondary N) is 2. The average Bonchev–Trinajstić information content (AvgIpc) is 2.88. The molecule has 1 aromatic heterocycles. The van der Waals surface area contributed by atoms with Gasteiger partial charge in [-0.15, -0.1) is 24.8 Å². The van der Waals surface area contributed by atoms with E-state index >= 15 is 0 Å². The van der Waals surface area contributed by atoms with Gasteiger partial charge in [0.15, 0.2) is 0 Å². The van der Waals surface area contributed by atoms with Gasteiger partial charge in [0.1, 0.15) is 0 Å². The van der Waals surface area contributed by atoms with Crippen LogP contribution in [0.4, 0.5) is 5.69 Å². The molecule has 0 radical (unpaired) electrons. The van der Waals surface area contributed by atoms with Gasteiger partial charge in [-0.3, -0.25) is 9.71 Å². The Morgan fingerprint density at radius 3 is 2.31 bits per heavy atom. The van der Waals surface area contributed by atoms with E-state index in [2.05, 4.69) is 27.2 Å².